The third-order valence-electron chi connectivity index (χ3n) is 4.61. The molecular weight excluding hydrogens is 300 g/mol. The van der Waals surface area contributed by atoms with Crippen molar-refractivity contribution in [3.05, 3.63) is 70.8 Å². The summed E-state index contributed by atoms with van der Waals surface area (Å²) < 4.78 is 0. The fraction of sp³-hybridized carbons (Fsp3) is 0.300. The first-order valence-electron chi connectivity index (χ1n) is 8.39. The van der Waals surface area contributed by atoms with Gasteiger partial charge in [0, 0.05) is 12.1 Å². The molecule has 124 valence electrons. The van der Waals surface area contributed by atoms with Gasteiger partial charge in [-0.15, -0.1) is 0 Å². The molecule has 3 rings (SSSR count). The molecule has 0 radical (unpaired) electrons. The van der Waals surface area contributed by atoms with Gasteiger partial charge in [-0.05, 0) is 54.5 Å². The highest BCUT2D eigenvalue weighted by Crippen LogP contribution is 2.31. The highest BCUT2D eigenvalue weighted by Gasteiger charge is 2.25. The third kappa shape index (κ3) is 3.65. The zero-order chi connectivity index (χ0) is 16.9. The molecule has 0 bridgehead atoms. The van der Waals surface area contributed by atoms with Crippen LogP contribution in [0.3, 0.4) is 0 Å². The summed E-state index contributed by atoms with van der Waals surface area (Å²) in [5.74, 6) is -0.389. The third-order valence-corrected chi connectivity index (χ3v) is 4.61. The largest absolute Gasteiger partial charge is 0.366 e. The maximum absolute atomic E-state index is 12.5. The van der Waals surface area contributed by atoms with Crippen LogP contribution in [0.1, 0.15) is 45.8 Å². The van der Waals surface area contributed by atoms with Crippen molar-refractivity contribution in [1.29, 1.82) is 0 Å². The van der Waals surface area contributed by atoms with Gasteiger partial charge in [-0.3, -0.25) is 9.59 Å². The minimum atomic E-state index is -0.431. The van der Waals surface area contributed by atoms with E-state index in [0.717, 1.165) is 30.4 Å². The monoisotopic (exact) mass is 322 g/mol. The minimum Gasteiger partial charge on any atom is -0.366 e. The number of hydrogen-bond donors (Lipinski definition) is 2. The Morgan fingerprint density at radius 2 is 1.96 bits per heavy atom. The van der Waals surface area contributed by atoms with E-state index in [4.69, 9.17) is 5.73 Å². The number of nitrogens with one attached hydrogen (secondary N) is 1. The summed E-state index contributed by atoms with van der Waals surface area (Å²) in [7, 11) is 0. The van der Waals surface area contributed by atoms with Crippen LogP contribution in [0.15, 0.2) is 48.5 Å². The molecule has 3 N–H and O–H groups in total. The number of hydrogen-bond acceptors (Lipinski definition) is 2. The molecule has 24 heavy (non-hydrogen) atoms. The SMILES string of the molecule is NC(=O)c1cccc(CCNC(=O)[C@@H]2CCCc3ccccc32)c1. The smallest absolute Gasteiger partial charge is 0.248 e. The predicted molar refractivity (Wildman–Crippen MR) is 93.8 cm³/mol. The van der Waals surface area contributed by atoms with E-state index < -0.39 is 5.91 Å². The lowest BCUT2D eigenvalue weighted by Crippen LogP contribution is -2.32. The van der Waals surface area contributed by atoms with Crippen LogP contribution in [0.5, 0.6) is 0 Å². The molecule has 4 nitrogen and oxygen atoms in total. The number of primary amides is 1. The Balaban J connectivity index is 1.59. The van der Waals surface area contributed by atoms with Crippen LogP contribution in [-0.4, -0.2) is 18.4 Å². The van der Waals surface area contributed by atoms with E-state index >= 15 is 0 Å². The predicted octanol–water partition coefficient (Wildman–Crippen LogP) is 2.56. The number of amides is 2. The van der Waals surface area contributed by atoms with Crippen LogP contribution in [0, 0.1) is 0 Å². The molecule has 0 unspecified atom stereocenters. The van der Waals surface area contributed by atoms with Gasteiger partial charge in [0.15, 0.2) is 0 Å². The number of aryl methyl sites for hydroxylation is 1. The lowest BCUT2D eigenvalue weighted by molar-refractivity contribution is -0.122. The second-order valence-corrected chi connectivity index (χ2v) is 6.25. The lowest BCUT2D eigenvalue weighted by atomic mass is 9.82. The van der Waals surface area contributed by atoms with Gasteiger partial charge in [0.2, 0.25) is 11.8 Å². The second kappa shape index (κ2) is 7.30. The van der Waals surface area contributed by atoms with Crippen LogP contribution >= 0.6 is 0 Å². The number of carbonyl (C=O) groups is 2. The highest BCUT2D eigenvalue weighted by atomic mass is 16.2. The molecule has 4 heteroatoms. The molecule has 0 heterocycles. The molecule has 1 atom stereocenters. The van der Waals surface area contributed by atoms with Crippen molar-refractivity contribution < 1.29 is 9.59 Å². The fourth-order valence-electron chi connectivity index (χ4n) is 3.36. The van der Waals surface area contributed by atoms with E-state index in [2.05, 4.69) is 17.4 Å². The summed E-state index contributed by atoms with van der Waals surface area (Å²) in [5, 5.41) is 3.04. The van der Waals surface area contributed by atoms with Gasteiger partial charge in [-0.25, -0.2) is 0 Å². The van der Waals surface area contributed by atoms with E-state index in [1.807, 2.05) is 24.3 Å². The Kier molecular flexibility index (Phi) is 4.94. The quantitative estimate of drug-likeness (QED) is 0.888. The maximum Gasteiger partial charge on any atom is 0.248 e. The van der Waals surface area contributed by atoms with Crippen molar-refractivity contribution in [3.8, 4) is 0 Å². The molecule has 0 aromatic heterocycles. The van der Waals surface area contributed by atoms with Gasteiger partial charge in [-0.2, -0.15) is 0 Å². The van der Waals surface area contributed by atoms with Gasteiger partial charge in [0.25, 0.3) is 0 Å². The number of rotatable bonds is 5. The Bertz CT molecular complexity index is 755. The van der Waals surface area contributed by atoms with E-state index in [1.165, 1.54) is 5.56 Å². The summed E-state index contributed by atoms with van der Waals surface area (Å²) >= 11 is 0. The first-order valence-corrected chi connectivity index (χ1v) is 8.39. The maximum atomic E-state index is 12.5. The van der Waals surface area contributed by atoms with Gasteiger partial charge in [0.05, 0.1) is 5.92 Å². The molecule has 0 aliphatic heterocycles. The van der Waals surface area contributed by atoms with Crippen LogP contribution in [0.2, 0.25) is 0 Å². The van der Waals surface area contributed by atoms with E-state index in [-0.39, 0.29) is 11.8 Å². The summed E-state index contributed by atoms with van der Waals surface area (Å²) in [6.45, 7) is 0.555. The van der Waals surface area contributed by atoms with Crippen LogP contribution in [-0.2, 0) is 17.6 Å². The fourth-order valence-corrected chi connectivity index (χ4v) is 3.36. The van der Waals surface area contributed by atoms with Gasteiger partial charge in [0.1, 0.15) is 0 Å². The average Bonchev–Trinajstić information content (AvgIpc) is 2.61. The molecule has 0 saturated carbocycles. The molecule has 1 aliphatic rings. The van der Waals surface area contributed by atoms with E-state index in [9.17, 15) is 9.59 Å². The first kappa shape index (κ1) is 16.2. The van der Waals surface area contributed by atoms with Gasteiger partial charge >= 0.3 is 0 Å². The van der Waals surface area contributed by atoms with Crippen molar-refractivity contribution in [1.82, 2.24) is 5.32 Å². The van der Waals surface area contributed by atoms with E-state index in [1.54, 1.807) is 12.1 Å². The zero-order valence-corrected chi connectivity index (χ0v) is 13.6. The highest BCUT2D eigenvalue weighted by molar-refractivity contribution is 5.92. The number of nitrogens with two attached hydrogens (primary N) is 1. The molecule has 1 aliphatic carbocycles. The van der Waals surface area contributed by atoms with Gasteiger partial charge in [-0.1, -0.05) is 36.4 Å². The lowest BCUT2D eigenvalue weighted by Gasteiger charge is -2.24. The second-order valence-electron chi connectivity index (χ2n) is 6.25. The Morgan fingerprint density at radius 3 is 2.79 bits per heavy atom. The topological polar surface area (TPSA) is 72.2 Å². The summed E-state index contributed by atoms with van der Waals surface area (Å²) in [5.41, 5.74) is 9.24. The molecule has 2 aromatic carbocycles. The number of fused-ring (bicyclic) bond motifs is 1. The normalized spacial score (nSPS) is 16.2. The first-order chi connectivity index (χ1) is 11.6. The van der Waals surface area contributed by atoms with Crippen LogP contribution in [0.25, 0.3) is 0 Å². The number of carbonyl (C=O) groups excluding carboxylic acids is 2. The standard InChI is InChI=1S/C20H22N2O2/c21-19(23)16-8-3-5-14(13-16)11-12-22-20(24)18-10-4-7-15-6-1-2-9-17(15)18/h1-3,5-6,8-9,13,18H,4,7,10-12H2,(H2,21,23)(H,22,24)/t18-/m1/s1. The summed E-state index contributed by atoms with van der Waals surface area (Å²) in [6.07, 6.45) is 3.69. The van der Waals surface area contributed by atoms with Crippen LogP contribution < -0.4 is 11.1 Å². The molecule has 2 aromatic rings. The van der Waals surface area contributed by atoms with E-state index in [0.29, 0.717) is 18.5 Å². The van der Waals surface area contributed by atoms with Crippen molar-refractivity contribution in [3.63, 3.8) is 0 Å². The average molecular weight is 322 g/mol. The van der Waals surface area contributed by atoms with Crippen LogP contribution in [0.4, 0.5) is 0 Å². The van der Waals surface area contributed by atoms with Crippen molar-refractivity contribution >= 4 is 11.8 Å². The Labute approximate surface area is 142 Å². The van der Waals surface area contributed by atoms with Crippen molar-refractivity contribution in [2.24, 2.45) is 5.73 Å². The number of benzene rings is 2. The molecular formula is C20H22N2O2. The molecule has 0 fully saturated rings. The molecule has 2 amide bonds. The minimum absolute atomic E-state index is 0.0492. The molecule has 0 spiro atoms. The summed E-state index contributed by atoms with van der Waals surface area (Å²) in [4.78, 5) is 23.8. The zero-order valence-electron chi connectivity index (χ0n) is 13.6. The van der Waals surface area contributed by atoms with Gasteiger partial charge < -0.3 is 11.1 Å². The molecule has 0 saturated heterocycles. The summed E-state index contributed by atoms with van der Waals surface area (Å²) in [6, 6.07) is 15.4. The van der Waals surface area contributed by atoms with Crippen molar-refractivity contribution in [2.45, 2.75) is 31.6 Å². The Hall–Kier alpha value is -2.62. The van der Waals surface area contributed by atoms with Crippen molar-refractivity contribution in [2.75, 3.05) is 6.54 Å². The Morgan fingerprint density at radius 1 is 1.12 bits per heavy atom.